The van der Waals surface area contributed by atoms with Crippen LogP contribution in [-0.4, -0.2) is 4.92 Å². The van der Waals surface area contributed by atoms with E-state index in [0.717, 1.165) is 0 Å². The largest absolute Gasteiger partial charge is 0.398 e. The smallest absolute Gasteiger partial charge is 0.274 e. The molecule has 0 aliphatic rings. The van der Waals surface area contributed by atoms with Crippen molar-refractivity contribution in [2.75, 3.05) is 5.73 Å². The molecule has 0 amide bonds. The highest BCUT2D eigenvalue weighted by molar-refractivity contribution is 5.57. The minimum Gasteiger partial charge on any atom is -0.398 e. The second-order valence-electron chi connectivity index (χ2n) is 2.35. The van der Waals surface area contributed by atoms with E-state index in [2.05, 4.69) is 6.92 Å². The summed E-state index contributed by atoms with van der Waals surface area (Å²) in [5.74, 6) is 0. The molecule has 2 N–H and O–H groups in total. The molecule has 63 valence electrons. The lowest BCUT2D eigenvalue weighted by Crippen LogP contribution is -1.98. The Balaban J connectivity index is 3.27. The van der Waals surface area contributed by atoms with Gasteiger partial charge in [0.2, 0.25) is 0 Å². The molecule has 1 radical (unpaired) electrons. The quantitative estimate of drug-likeness (QED) is 0.410. The summed E-state index contributed by atoms with van der Waals surface area (Å²) in [6.07, 6.45) is 0.336. The lowest BCUT2D eigenvalue weighted by molar-refractivity contribution is -0.385. The number of nitrogens with two attached hydrogens (primary N) is 1. The Morgan fingerprint density at radius 3 is 2.67 bits per heavy atom. The van der Waals surface area contributed by atoms with Crippen LogP contribution in [0.4, 0.5) is 11.4 Å². The fourth-order valence-corrected chi connectivity index (χ4v) is 1.04. The zero-order valence-electron chi connectivity index (χ0n) is 6.49. The van der Waals surface area contributed by atoms with Gasteiger partial charge in [0, 0.05) is 11.8 Å². The van der Waals surface area contributed by atoms with Crippen LogP contribution in [0, 0.1) is 17.0 Å². The monoisotopic (exact) mass is 165 g/mol. The number of nitro benzene ring substituents is 1. The zero-order chi connectivity index (χ0) is 9.14. The number of hydrogen-bond donors (Lipinski definition) is 1. The van der Waals surface area contributed by atoms with E-state index in [0.29, 0.717) is 17.7 Å². The van der Waals surface area contributed by atoms with Gasteiger partial charge in [-0.05, 0) is 19.4 Å². The summed E-state index contributed by atoms with van der Waals surface area (Å²) < 4.78 is 0. The van der Waals surface area contributed by atoms with Gasteiger partial charge in [0.05, 0.1) is 10.5 Å². The highest BCUT2D eigenvalue weighted by atomic mass is 16.6. The number of hydrogen-bond acceptors (Lipinski definition) is 3. The van der Waals surface area contributed by atoms with Crippen molar-refractivity contribution in [3.05, 3.63) is 40.8 Å². The molecule has 0 aliphatic heterocycles. The first kappa shape index (κ1) is 8.52. The van der Waals surface area contributed by atoms with Gasteiger partial charge in [-0.2, -0.15) is 0 Å². The van der Waals surface area contributed by atoms with Crippen LogP contribution in [0.1, 0.15) is 5.56 Å². The Morgan fingerprint density at radius 1 is 1.58 bits per heavy atom. The maximum atomic E-state index is 10.5. The first-order valence-electron chi connectivity index (χ1n) is 3.48. The number of rotatable bonds is 2. The van der Waals surface area contributed by atoms with E-state index in [-0.39, 0.29) is 5.69 Å². The average molecular weight is 165 g/mol. The molecule has 1 aromatic rings. The van der Waals surface area contributed by atoms with Crippen molar-refractivity contribution < 1.29 is 4.92 Å². The SMILES string of the molecule is [CH2]Cc1c(N)cccc1[N+](=O)[O-]. The minimum absolute atomic E-state index is 0.0463. The summed E-state index contributed by atoms with van der Waals surface area (Å²) in [6, 6.07) is 4.62. The lowest BCUT2D eigenvalue weighted by atomic mass is 10.1. The van der Waals surface area contributed by atoms with E-state index in [1.54, 1.807) is 12.1 Å². The second-order valence-corrected chi connectivity index (χ2v) is 2.35. The molecule has 4 heteroatoms. The van der Waals surface area contributed by atoms with Crippen molar-refractivity contribution in [1.29, 1.82) is 0 Å². The van der Waals surface area contributed by atoms with Crippen LogP contribution in [0.2, 0.25) is 0 Å². The van der Waals surface area contributed by atoms with E-state index < -0.39 is 4.92 Å². The molecule has 1 rings (SSSR count). The summed E-state index contributed by atoms with van der Waals surface area (Å²) in [4.78, 5) is 10.0. The van der Waals surface area contributed by atoms with Crippen LogP contribution in [0.5, 0.6) is 0 Å². The summed E-state index contributed by atoms with van der Waals surface area (Å²) in [7, 11) is 0. The third kappa shape index (κ3) is 1.37. The average Bonchev–Trinajstić information content (AvgIpc) is 2.03. The normalized spacial score (nSPS) is 9.75. The molecular weight excluding hydrogens is 156 g/mol. The Kier molecular flexibility index (Phi) is 2.28. The molecule has 0 atom stereocenters. The fraction of sp³-hybridized carbons (Fsp3) is 0.125. The highest BCUT2D eigenvalue weighted by Gasteiger charge is 2.13. The molecular formula is C8H9N2O2. The van der Waals surface area contributed by atoms with Crippen LogP contribution >= 0.6 is 0 Å². The summed E-state index contributed by atoms with van der Waals surface area (Å²) in [6.45, 7) is 3.58. The van der Waals surface area contributed by atoms with Gasteiger partial charge in [-0.25, -0.2) is 0 Å². The van der Waals surface area contributed by atoms with Crippen LogP contribution in [0.15, 0.2) is 18.2 Å². The van der Waals surface area contributed by atoms with E-state index >= 15 is 0 Å². The molecule has 0 unspecified atom stereocenters. The van der Waals surface area contributed by atoms with Crippen LogP contribution in [-0.2, 0) is 6.42 Å². The molecule has 0 saturated heterocycles. The molecule has 4 nitrogen and oxygen atoms in total. The molecule has 0 heterocycles. The number of nitrogen functional groups attached to an aromatic ring is 1. The Hall–Kier alpha value is -1.58. The summed E-state index contributed by atoms with van der Waals surface area (Å²) >= 11 is 0. The molecule has 12 heavy (non-hydrogen) atoms. The van der Waals surface area contributed by atoms with Crippen molar-refractivity contribution in [2.45, 2.75) is 6.42 Å². The van der Waals surface area contributed by atoms with Gasteiger partial charge in [-0.3, -0.25) is 10.1 Å². The first-order valence-corrected chi connectivity index (χ1v) is 3.48. The second kappa shape index (κ2) is 3.21. The maximum Gasteiger partial charge on any atom is 0.274 e. The molecule has 1 aromatic carbocycles. The Bertz CT molecular complexity index is 310. The summed E-state index contributed by atoms with van der Waals surface area (Å²) in [5, 5.41) is 10.5. The molecule has 0 bridgehead atoms. The van der Waals surface area contributed by atoms with Crippen molar-refractivity contribution in [2.24, 2.45) is 0 Å². The van der Waals surface area contributed by atoms with Gasteiger partial charge in [-0.15, -0.1) is 0 Å². The van der Waals surface area contributed by atoms with Gasteiger partial charge in [0.1, 0.15) is 0 Å². The van der Waals surface area contributed by atoms with Gasteiger partial charge < -0.3 is 5.73 Å². The fourth-order valence-electron chi connectivity index (χ4n) is 1.04. The van der Waals surface area contributed by atoms with Crippen molar-refractivity contribution in [3.8, 4) is 0 Å². The number of nitro groups is 1. The predicted octanol–water partition coefficient (Wildman–Crippen LogP) is 1.55. The van der Waals surface area contributed by atoms with Crippen molar-refractivity contribution in [3.63, 3.8) is 0 Å². The molecule has 0 spiro atoms. The van der Waals surface area contributed by atoms with E-state index in [1.807, 2.05) is 0 Å². The minimum atomic E-state index is -0.448. The zero-order valence-corrected chi connectivity index (χ0v) is 6.49. The molecule has 0 aliphatic carbocycles. The van der Waals surface area contributed by atoms with Crippen LogP contribution in [0.3, 0.4) is 0 Å². The Morgan fingerprint density at radius 2 is 2.25 bits per heavy atom. The molecule has 0 fully saturated rings. The standard InChI is InChI=1S/C8H9N2O2/c1-2-6-7(9)4-3-5-8(6)10(11)12/h3-5H,1-2,9H2. The number of anilines is 1. The van der Waals surface area contributed by atoms with Crippen molar-refractivity contribution in [1.82, 2.24) is 0 Å². The lowest BCUT2D eigenvalue weighted by Gasteiger charge is -2.02. The van der Waals surface area contributed by atoms with Crippen LogP contribution < -0.4 is 5.73 Å². The van der Waals surface area contributed by atoms with E-state index in [4.69, 9.17) is 5.73 Å². The van der Waals surface area contributed by atoms with E-state index in [1.165, 1.54) is 6.07 Å². The van der Waals surface area contributed by atoms with Crippen LogP contribution in [0.25, 0.3) is 0 Å². The van der Waals surface area contributed by atoms with Gasteiger partial charge in [0.25, 0.3) is 5.69 Å². The third-order valence-corrected chi connectivity index (χ3v) is 1.63. The molecule has 0 saturated carbocycles. The van der Waals surface area contributed by atoms with Gasteiger partial charge >= 0.3 is 0 Å². The predicted molar refractivity (Wildman–Crippen MR) is 46.6 cm³/mol. The topological polar surface area (TPSA) is 69.2 Å². The highest BCUT2D eigenvalue weighted by Crippen LogP contribution is 2.23. The maximum absolute atomic E-state index is 10.5. The summed E-state index contributed by atoms with van der Waals surface area (Å²) in [5.41, 5.74) is 6.50. The molecule has 0 aromatic heterocycles. The third-order valence-electron chi connectivity index (χ3n) is 1.63. The van der Waals surface area contributed by atoms with Gasteiger partial charge in [0.15, 0.2) is 0 Å². The Labute approximate surface area is 70.2 Å². The van der Waals surface area contributed by atoms with Crippen molar-refractivity contribution >= 4 is 11.4 Å². The number of nitrogens with zero attached hydrogens (tertiary/aromatic N) is 1. The number of benzene rings is 1. The van der Waals surface area contributed by atoms with E-state index in [9.17, 15) is 10.1 Å². The van der Waals surface area contributed by atoms with Gasteiger partial charge in [-0.1, -0.05) is 6.07 Å². The first-order chi connectivity index (χ1) is 5.66.